The molecule has 7 nitrogen and oxygen atoms in total. The van der Waals surface area contributed by atoms with Crippen molar-refractivity contribution in [3.63, 3.8) is 0 Å². The van der Waals surface area contributed by atoms with E-state index in [0.717, 1.165) is 5.56 Å². The van der Waals surface area contributed by atoms with Crippen molar-refractivity contribution in [3.8, 4) is 0 Å². The Morgan fingerprint density at radius 3 is 2.23 bits per heavy atom. The zero-order chi connectivity index (χ0) is 18.4. The summed E-state index contributed by atoms with van der Waals surface area (Å²) in [5.74, 6) is -1.82. The number of benzene rings is 1. The van der Waals surface area contributed by atoms with Crippen molar-refractivity contribution in [3.05, 3.63) is 95.6 Å². The lowest BCUT2D eigenvalue weighted by molar-refractivity contribution is 0.0690. The van der Waals surface area contributed by atoms with Gasteiger partial charge in [-0.3, -0.25) is 9.78 Å². The Balaban J connectivity index is 1.91. The first-order valence-corrected chi connectivity index (χ1v) is 7.70. The zero-order valence-electron chi connectivity index (χ0n) is 13.5. The third kappa shape index (κ3) is 3.96. The van der Waals surface area contributed by atoms with Crippen LogP contribution in [-0.2, 0) is 0 Å². The van der Waals surface area contributed by atoms with Crippen LogP contribution >= 0.6 is 0 Å². The van der Waals surface area contributed by atoms with Crippen LogP contribution in [0.4, 0.5) is 0 Å². The molecule has 0 fully saturated rings. The van der Waals surface area contributed by atoms with E-state index < -0.39 is 11.9 Å². The summed E-state index contributed by atoms with van der Waals surface area (Å²) in [7, 11) is 0. The van der Waals surface area contributed by atoms with Crippen LogP contribution in [-0.4, -0.2) is 32.7 Å². The van der Waals surface area contributed by atoms with Gasteiger partial charge >= 0.3 is 5.97 Å². The second-order valence-electron chi connectivity index (χ2n) is 5.20. The van der Waals surface area contributed by atoms with Gasteiger partial charge in [0.05, 0.1) is 5.69 Å². The number of carbonyl (C=O) groups excluding carboxylic acids is 1. The van der Waals surface area contributed by atoms with Gasteiger partial charge in [-0.15, -0.1) is 0 Å². The van der Waals surface area contributed by atoms with Crippen LogP contribution in [0.15, 0.2) is 78.0 Å². The fourth-order valence-corrected chi connectivity index (χ4v) is 2.21. The molecule has 26 heavy (non-hydrogen) atoms. The largest absolute Gasteiger partial charge is 0.477 e. The van der Waals surface area contributed by atoms with Crippen LogP contribution in [0.1, 0.15) is 32.2 Å². The van der Waals surface area contributed by atoms with Gasteiger partial charge in [-0.25, -0.2) is 15.2 Å². The number of pyridine rings is 2. The summed E-state index contributed by atoms with van der Waals surface area (Å²) < 4.78 is 0. The Bertz CT molecular complexity index is 915. The van der Waals surface area contributed by atoms with Gasteiger partial charge in [0.25, 0.3) is 5.91 Å². The van der Waals surface area contributed by atoms with Crippen molar-refractivity contribution >= 4 is 17.6 Å². The number of hydrazone groups is 1. The Kier molecular flexibility index (Phi) is 5.09. The lowest BCUT2D eigenvalue weighted by Gasteiger charge is -2.07. The monoisotopic (exact) mass is 346 g/mol. The van der Waals surface area contributed by atoms with Crippen molar-refractivity contribution in [1.29, 1.82) is 0 Å². The first kappa shape index (κ1) is 17.0. The molecule has 0 saturated carbocycles. The molecule has 0 saturated heterocycles. The second-order valence-corrected chi connectivity index (χ2v) is 5.20. The van der Waals surface area contributed by atoms with Crippen LogP contribution in [0, 0.1) is 0 Å². The van der Waals surface area contributed by atoms with Gasteiger partial charge < -0.3 is 5.11 Å². The number of nitrogens with zero attached hydrogens (tertiary/aromatic N) is 3. The fraction of sp³-hybridized carbons (Fsp3) is 0. The van der Waals surface area contributed by atoms with E-state index in [4.69, 9.17) is 5.11 Å². The maximum atomic E-state index is 12.3. The van der Waals surface area contributed by atoms with E-state index in [-0.39, 0.29) is 11.4 Å². The van der Waals surface area contributed by atoms with E-state index in [1.54, 1.807) is 18.3 Å². The average Bonchev–Trinajstić information content (AvgIpc) is 2.69. The normalized spacial score (nSPS) is 11.0. The highest BCUT2D eigenvalue weighted by molar-refractivity contribution is 6.12. The van der Waals surface area contributed by atoms with Gasteiger partial charge in [0.1, 0.15) is 17.1 Å². The first-order chi connectivity index (χ1) is 12.6. The molecule has 3 rings (SSSR count). The molecule has 2 heterocycles. The van der Waals surface area contributed by atoms with E-state index in [1.807, 2.05) is 36.4 Å². The highest BCUT2D eigenvalue weighted by Gasteiger charge is 2.13. The summed E-state index contributed by atoms with van der Waals surface area (Å²) >= 11 is 0. The predicted octanol–water partition coefficient (Wildman–Crippen LogP) is 2.36. The summed E-state index contributed by atoms with van der Waals surface area (Å²) in [5, 5.41) is 13.2. The quantitative estimate of drug-likeness (QED) is 0.545. The third-order valence-corrected chi connectivity index (χ3v) is 3.42. The smallest absolute Gasteiger partial charge is 0.354 e. The molecule has 0 radical (unpaired) electrons. The maximum Gasteiger partial charge on any atom is 0.354 e. The molecule has 0 atom stereocenters. The van der Waals surface area contributed by atoms with Gasteiger partial charge in [0.2, 0.25) is 0 Å². The molecule has 0 bridgehead atoms. The van der Waals surface area contributed by atoms with Crippen LogP contribution < -0.4 is 5.43 Å². The van der Waals surface area contributed by atoms with Gasteiger partial charge in [0, 0.05) is 11.8 Å². The molecule has 1 amide bonds. The van der Waals surface area contributed by atoms with Gasteiger partial charge in [-0.2, -0.15) is 5.10 Å². The summed E-state index contributed by atoms with van der Waals surface area (Å²) in [6, 6.07) is 18.8. The molecular weight excluding hydrogens is 332 g/mol. The molecule has 7 heteroatoms. The Morgan fingerprint density at radius 2 is 1.54 bits per heavy atom. The lowest BCUT2D eigenvalue weighted by Crippen LogP contribution is -2.22. The molecule has 0 unspecified atom stereocenters. The highest BCUT2D eigenvalue weighted by Crippen LogP contribution is 2.08. The number of nitrogens with one attached hydrogen (secondary N) is 1. The Morgan fingerprint density at radius 1 is 0.846 bits per heavy atom. The van der Waals surface area contributed by atoms with E-state index in [1.165, 1.54) is 18.2 Å². The Labute approximate surface area is 149 Å². The molecule has 0 aliphatic carbocycles. The number of carbonyl (C=O) groups is 2. The Hall–Kier alpha value is -3.87. The van der Waals surface area contributed by atoms with Crippen molar-refractivity contribution in [2.75, 3.05) is 0 Å². The van der Waals surface area contributed by atoms with Crippen LogP contribution in [0.5, 0.6) is 0 Å². The minimum Gasteiger partial charge on any atom is -0.477 e. The number of rotatable bonds is 5. The molecule has 0 spiro atoms. The molecular formula is C19H14N4O3. The number of aromatic carboxylic acids is 1. The standard InChI is InChI=1S/C19H14N4O3/c24-18(15-10-6-11-16(21-15)19(25)26)23-22-17(13-7-2-1-3-8-13)14-9-4-5-12-20-14/h1-12H,(H,23,24)(H,25,26)/b22-17-. The predicted molar refractivity (Wildman–Crippen MR) is 95.0 cm³/mol. The number of carboxylic acids is 1. The summed E-state index contributed by atoms with van der Waals surface area (Å²) in [5.41, 5.74) is 4.01. The number of hydrogen-bond acceptors (Lipinski definition) is 5. The van der Waals surface area contributed by atoms with Gasteiger partial charge in [0.15, 0.2) is 0 Å². The summed E-state index contributed by atoms with van der Waals surface area (Å²) in [6.45, 7) is 0. The highest BCUT2D eigenvalue weighted by atomic mass is 16.4. The molecule has 2 N–H and O–H groups in total. The molecule has 2 aromatic heterocycles. The molecule has 128 valence electrons. The van der Waals surface area contributed by atoms with Crippen LogP contribution in [0.3, 0.4) is 0 Å². The SMILES string of the molecule is O=C(O)c1cccc(C(=O)N/N=C(/c2ccccc2)c2ccccn2)n1. The van der Waals surface area contributed by atoms with Gasteiger partial charge in [-0.05, 0) is 24.3 Å². The van der Waals surface area contributed by atoms with Crippen molar-refractivity contribution in [2.45, 2.75) is 0 Å². The number of amides is 1. The first-order valence-electron chi connectivity index (χ1n) is 7.70. The third-order valence-electron chi connectivity index (χ3n) is 3.42. The maximum absolute atomic E-state index is 12.3. The summed E-state index contributed by atoms with van der Waals surface area (Å²) in [4.78, 5) is 31.3. The van der Waals surface area contributed by atoms with E-state index >= 15 is 0 Å². The van der Waals surface area contributed by atoms with Crippen molar-refractivity contribution < 1.29 is 14.7 Å². The molecule has 3 aromatic rings. The van der Waals surface area contributed by atoms with Crippen molar-refractivity contribution in [1.82, 2.24) is 15.4 Å². The summed E-state index contributed by atoms with van der Waals surface area (Å²) in [6.07, 6.45) is 1.63. The van der Waals surface area contributed by atoms with E-state index in [9.17, 15) is 9.59 Å². The molecule has 0 aliphatic rings. The topological polar surface area (TPSA) is 105 Å². The molecule has 1 aromatic carbocycles. The zero-order valence-corrected chi connectivity index (χ0v) is 13.5. The number of aromatic nitrogens is 2. The minimum absolute atomic E-state index is 0.0397. The van der Waals surface area contributed by atoms with Gasteiger partial charge in [-0.1, -0.05) is 42.5 Å². The van der Waals surface area contributed by atoms with E-state index in [2.05, 4.69) is 20.5 Å². The van der Waals surface area contributed by atoms with Crippen molar-refractivity contribution in [2.24, 2.45) is 5.10 Å². The minimum atomic E-state index is -1.21. The fourth-order valence-electron chi connectivity index (χ4n) is 2.21. The second kappa shape index (κ2) is 7.80. The van der Waals surface area contributed by atoms with E-state index in [0.29, 0.717) is 11.4 Å². The lowest BCUT2D eigenvalue weighted by atomic mass is 10.1. The van der Waals surface area contributed by atoms with Crippen LogP contribution in [0.25, 0.3) is 0 Å². The number of carboxylic acid groups (broad SMARTS) is 1. The number of hydrogen-bond donors (Lipinski definition) is 2. The van der Waals surface area contributed by atoms with Crippen LogP contribution in [0.2, 0.25) is 0 Å². The molecule has 0 aliphatic heterocycles. The average molecular weight is 346 g/mol.